The van der Waals surface area contributed by atoms with Gasteiger partial charge in [0.25, 0.3) is 0 Å². The standard InChI is InChI=1S/C11H6F4O2/c1-3-5(2)17-11(16)8-6(12)4-7(13)9(14)10(8)15/h1,4-5H,2H3. The van der Waals surface area contributed by atoms with E-state index in [2.05, 4.69) is 4.74 Å². The molecule has 0 aliphatic carbocycles. The van der Waals surface area contributed by atoms with Crippen LogP contribution in [0.25, 0.3) is 0 Å². The summed E-state index contributed by atoms with van der Waals surface area (Å²) in [5, 5.41) is 0. The fourth-order valence-corrected chi connectivity index (χ4v) is 1.01. The van der Waals surface area contributed by atoms with Gasteiger partial charge in [0.15, 0.2) is 23.6 Å². The minimum Gasteiger partial charge on any atom is -0.446 e. The van der Waals surface area contributed by atoms with Gasteiger partial charge in [-0.25, -0.2) is 22.4 Å². The molecule has 1 rings (SSSR count). The maximum atomic E-state index is 13.1. The van der Waals surface area contributed by atoms with Crippen LogP contribution < -0.4 is 0 Å². The van der Waals surface area contributed by atoms with Gasteiger partial charge in [0.05, 0.1) is 0 Å². The lowest BCUT2D eigenvalue weighted by molar-refractivity contribution is 0.0426. The Hall–Kier alpha value is -2.03. The third kappa shape index (κ3) is 2.56. The van der Waals surface area contributed by atoms with E-state index in [1.807, 2.05) is 5.92 Å². The van der Waals surface area contributed by atoms with Crippen LogP contribution in [0.5, 0.6) is 0 Å². The van der Waals surface area contributed by atoms with E-state index in [1.54, 1.807) is 0 Å². The maximum absolute atomic E-state index is 13.1. The largest absolute Gasteiger partial charge is 0.446 e. The van der Waals surface area contributed by atoms with Crippen LogP contribution in [0.3, 0.4) is 0 Å². The van der Waals surface area contributed by atoms with Gasteiger partial charge < -0.3 is 4.74 Å². The van der Waals surface area contributed by atoms with Crippen molar-refractivity contribution in [3.63, 3.8) is 0 Å². The maximum Gasteiger partial charge on any atom is 0.345 e. The first-order valence-electron chi connectivity index (χ1n) is 4.38. The Morgan fingerprint density at radius 3 is 2.41 bits per heavy atom. The van der Waals surface area contributed by atoms with Crippen molar-refractivity contribution in [2.24, 2.45) is 0 Å². The summed E-state index contributed by atoms with van der Waals surface area (Å²) in [5.74, 6) is -6.72. The molecular weight excluding hydrogens is 240 g/mol. The molecule has 0 fully saturated rings. The van der Waals surface area contributed by atoms with Crippen molar-refractivity contribution in [3.05, 3.63) is 34.9 Å². The van der Waals surface area contributed by atoms with E-state index < -0.39 is 40.9 Å². The number of benzene rings is 1. The van der Waals surface area contributed by atoms with Gasteiger partial charge in [-0.3, -0.25) is 0 Å². The van der Waals surface area contributed by atoms with E-state index >= 15 is 0 Å². The molecule has 1 unspecified atom stereocenters. The quantitative estimate of drug-likeness (QED) is 0.263. The molecule has 1 aromatic carbocycles. The van der Waals surface area contributed by atoms with Crippen LogP contribution >= 0.6 is 0 Å². The number of hydrogen-bond acceptors (Lipinski definition) is 2. The highest BCUT2D eigenvalue weighted by molar-refractivity contribution is 5.90. The lowest BCUT2D eigenvalue weighted by atomic mass is 10.2. The van der Waals surface area contributed by atoms with E-state index in [0.717, 1.165) is 0 Å². The fraction of sp³-hybridized carbons (Fsp3) is 0.182. The second kappa shape index (κ2) is 4.87. The van der Waals surface area contributed by atoms with Crippen LogP contribution in [0.4, 0.5) is 17.6 Å². The molecule has 6 heteroatoms. The molecule has 1 aromatic rings. The van der Waals surface area contributed by atoms with Crippen LogP contribution in [-0.2, 0) is 4.74 Å². The van der Waals surface area contributed by atoms with Crippen molar-refractivity contribution < 1.29 is 27.1 Å². The van der Waals surface area contributed by atoms with Crippen molar-refractivity contribution in [2.75, 3.05) is 0 Å². The summed E-state index contributed by atoms with van der Waals surface area (Å²) in [6, 6.07) is 0.0511. The predicted molar refractivity (Wildman–Crippen MR) is 50.0 cm³/mol. The molecule has 0 amide bonds. The third-order valence-electron chi connectivity index (χ3n) is 1.84. The van der Waals surface area contributed by atoms with E-state index in [1.165, 1.54) is 6.92 Å². The van der Waals surface area contributed by atoms with Crippen molar-refractivity contribution in [1.29, 1.82) is 0 Å². The minimum atomic E-state index is -1.95. The van der Waals surface area contributed by atoms with E-state index in [9.17, 15) is 22.4 Å². The van der Waals surface area contributed by atoms with Gasteiger partial charge in [-0.1, -0.05) is 5.92 Å². The Morgan fingerprint density at radius 2 is 1.88 bits per heavy atom. The van der Waals surface area contributed by atoms with Gasteiger partial charge in [-0.05, 0) is 6.92 Å². The molecule has 0 aromatic heterocycles. The summed E-state index contributed by atoms with van der Waals surface area (Å²) in [5.41, 5.74) is -1.31. The van der Waals surface area contributed by atoms with Gasteiger partial charge in [0.2, 0.25) is 0 Å². The van der Waals surface area contributed by atoms with Crippen molar-refractivity contribution >= 4 is 5.97 Å². The predicted octanol–water partition coefficient (Wildman–Crippen LogP) is 2.42. The zero-order valence-corrected chi connectivity index (χ0v) is 8.56. The first kappa shape index (κ1) is 13.0. The normalized spacial score (nSPS) is 11.8. The summed E-state index contributed by atoms with van der Waals surface area (Å²) in [7, 11) is 0. The highest BCUT2D eigenvalue weighted by atomic mass is 19.2. The number of halogens is 4. The van der Waals surface area contributed by atoms with Crippen LogP contribution in [0.2, 0.25) is 0 Å². The second-order valence-corrected chi connectivity index (χ2v) is 3.06. The number of carbonyl (C=O) groups is 1. The average molecular weight is 246 g/mol. The van der Waals surface area contributed by atoms with E-state index in [0.29, 0.717) is 0 Å². The van der Waals surface area contributed by atoms with Crippen LogP contribution in [0, 0.1) is 35.6 Å². The smallest absolute Gasteiger partial charge is 0.345 e. The number of rotatable bonds is 2. The monoisotopic (exact) mass is 246 g/mol. The second-order valence-electron chi connectivity index (χ2n) is 3.06. The zero-order chi connectivity index (χ0) is 13.2. The number of hydrogen-bond donors (Lipinski definition) is 0. The summed E-state index contributed by atoms with van der Waals surface area (Å²) in [4.78, 5) is 11.2. The number of terminal acetylenes is 1. The molecule has 0 saturated heterocycles. The first-order valence-corrected chi connectivity index (χ1v) is 4.38. The summed E-state index contributed by atoms with van der Waals surface area (Å²) >= 11 is 0. The molecule has 0 N–H and O–H groups in total. The van der Waals surface area contributed by atoms with Crippen LogP contribution in [-0.4, -0.2) is 12.1 Å². The van der Waals surface area contributed by atoms with E-state index in [4.69, 9.17) is 6.42 Å². The lowest BCUT2D eigenvalue weighted by Gasteiger charge is -2.09. The van der Waals surface area contributed by atoms with Gasteiger partial charge in [-0.15, -0.1) is 6.42 Å². The molecule has 0 heterocycles. The number of ether oxygens (including phenoxy) is 1. The van der Waals surface area contributed by atoms with Gasteiger partial charge in [0, 0.05) is 6.07 Å². The molecule has 90 valence electrons. The third-order valence-corrected chi connectivity index (χ3v) is 1.84. The Balaban J connectivity index is 3.20. The Morgan fingerprint density at radius 1 is 1.29 bits per heavy atom. The van der Waals surface area contributed by atoms with Gasteiger partial charge in [0.1, 0.15) is 11.4 Å². The number of esters is 1. The fourth-order valence-electron chi connectivity index (χ4n) is 1.01. The summed E-state index contributed by atoms with van der Waals surface area (Å²) < 4.78 is 56.0. The molecule has 17 heavy (non-hydrogen) atoms. The Kier molecular flexibility index (Phi) is 3.73. The molecular formula is C11H6F4O2. The highest BCUT2D eigenvalue weighted by Gasteiger charge is 2.26. The Bertz CT molecular complexity index is 505. The molecule has 0 aliphatic rings. The number of carbonyl (C=O) groups excluding carboxylic acids is 1. The average Bonchev–Trinajstić information content (AvgIpc) is 2.25. The van der Waals surface area contributed by atoms with Crippen LogP contribution in [0.15, 0.2) is 6.07 Å². The van der Waals surface area contributed by atoms with Crippen molar-refractivity contribution in [1.82, 2.24) is 0 Å². The topological polar surface area (TPSA) is 26.3 Å². The molecule has 2 nitrogen and oxygen atoms in total. The highest BCUT2D eigenvalue weighted by Crippen LogP contribution is 2.20. The van der Waals surface area contributed by atoms with E-state index in [-0.39, 0.29) is 6.07 Å². The molecule has 0 aliphatic heterocycles. The molecule has 0 spiro atoms. The molecule has 0 radical (unpaired) electrons. The van der Waals surface area contributed by atoms with Gasteiger partial charge in [-0.2, -0.15) is 0 Å². The minimum absolute atomic E-state index is 0.0511. The summed E-state index contributed by atoms with van der Waals surface area (Å²) in [6.07, 6.45) is 3.83. The van der Waals surface area contributed by atoms with Gasteiger partial charge >= 0.3 is 5.97 Å². The lowest BCUT2D eigenvalue weighted by Crippen LogP contribution is -2.17. The molecule has 0 bridgehead atoms. The SMILES string of the molecule is C#CC(C)OC(=O)c1c(F)cc(F)c(F)c1F. The van der Waals surface area contributed by atoms with Crippen molar-refractivity contribution in [3.8, 4) is 12.3 Å². The zero-order valence-electron chi connectivity index (χ0n) is 8.56. The molecule has 0 saturated carbocycles. The summed E-state index contributed by atoms with van der Waals surface area (Å²) in [6.45, 7) is 1.27. The Labute approximate surface area is 94.2 Å². The molecule has 1 atom stereocenters. The van der Waals surface area contributed by atoms with Crippen molar-refractivity contribution in [2.45, 2.75) is 13.0 Å². The van der Waals surface area contributed by atoms with Crippen LogP contribution in [0.1, 0.15) is 17.3 Å². The first-order chi connectivity index (χ1) is 7.88.